The summed E-state index contributed by atoms with van der Waals surface area (Å²) in [4.78, 5) is 0. The van der Waals surface area contributed by atoms with Crippen LogP contribution in [-0.2, 0) is 6.42 Å². The zero-order valence-electron chi connectivity index (χ0n) is 15.6. The first-order valence-electron chi connectivity index (χ1n) is 9.46. The van der Waals surface area contributed by atoms with Gasteiger partial charge in [0.1, 0.15) is 5.75 Å². The Morgan fingerprint density at radius 2 is 1.64 bits per heavy atom. The number of anilines is 1. The molecule has 4 nitrogen and oxygen atoms in total. The maximum absolute atomic E-state index is 5.95. The summed E-state index contributed by atoms with van der Waals surface area (Å²) in [6, 6.07) is 28.3. The molecule has 1 heterocycles. The average Bonchev–Trinajstić information content (AvgIpc) is 3.23. The van der Waals surface area contributed by atoms with E-state index in [9.17, 15) is 0 Å². The van der Waals surface area contributed by atoms with E-state index in [1.807, 2.05) is 60.7 Å². The van der Waals surface area contributed by atoms with Crippen LogP contribution in [0.2, 0.25) is 0 Å². The summed E-state index contributed by atoms with van der Waals surface area (Å²) >= 11 is 0. The highest BCUT2D eigenvalue weighted by Gasteiger charge is 2.07. The lowest BCUT2D eigenvalue weighted by Gasteiger charge is -2.07. The molecule has 0 saturated carbocycles. The molecule has 0 saturated heterocycles. The highest BCUT2D eigenvalue weighted by molar-refractivity contribution is 5.70. The Balaban J connectivity index is 1.40. The number of hydrogen-bond acceptors (Lipinski definition) is 3. The highest BCUT2D eigenvalue weighted by atomic mass is 16.5. The van der Waals surface area contributed by atoms with Gasteiger partial charge in [-0.2, -0.15) is 5.10 Å². The van der Waals surface area contributed by atoms with Crippen LogP contribution in [-0.4, -0.2) is 16.8 Å². The van der Waals surface area contributed by atoms with Crippen molar-refractivity contribution in [1.29, 1.82) is 0 Å². The molecule has 4 aromatic rings. The van der Waals surface area contributed by atoms with Gasteiger partial charge in [-0.15, -0.1) is 0 Å². The molecule has 0 aliphatic rings. The number of hydrogen-bond donors (Lipinski definition) is 2. The molecule has 0 amide bonds. The third kappa shape index (κ3) is 4.41. The van der Waals surface area contributed by atoms with Gasteiger partial charge in [0, 0.05) is 16.8 Å². The van der Waals surface area contributed by atoms with E-state index in [1.54, 1.807) is 0 Å². The van der Waals surface area contributed by atoms with Gasteiger partial charge in [-0.25, -0.2) is 0 Å². The molecule has 0 unspecified atom stereocenters. The molecule has 0 aliphatic carbocycles. The van der Waals surface area contributed by atoms with Gasteiger partial charge >= 0.3 is 0 Å². The first-order chi connectivity index (χ1) is 13.8. The number of rotatable bonds is 7. The van der Waals surface area contributed by atoms with Gasteiger partial charge in [0.05, 0.1) is 18.0 Å². The smallest absolute Gasteiger partial charge is 0.119 e. The number of aromatic amines is 1. The Hall–Kier alpha value is -3.53. The second-order valence-corrected chi connectivity index (χ2v) is 6.76. The molecule has 0 fully saturated rings. The molecule has 4 rings (SSSR count). The molecule has 3 N–H and O–H groups in total. The van der Waals surface area contributed by atoms with Gasteiger partial charge in [0.25, 0.3) is 0 Å². The lowest BCUT2D eigenvalue weighted by atomic mass is 10.1. The number of aryl methyl sites for hydroxylation is 1. The Bertz CT molecular complexity index is 1040. The van der Waals surface area contributed by atoms with E-state index in [1.165, 1.54) is 5.56 Å². The third-order valence-corrected chi connectivity index (χ3v) is 4.63. The standard InChI is InChI=1S/C24H23N3O/c25-21-12-4-10-19(15-21)23-17-24(27-26-23)20-11-5-13-22(16-20)28-14-6-9-18-7-2-1-3-8-18/h1-5,7-8,10-13,15-17H,6,9,14,25H2,(H,26,27). The van der Waals surface area contributed by atoms with E-state index in [4.69, 9.17) is 10.5 Å². The monoisotopic (exact) mass is 369 g/mol. The minimum Gasteiger partial charge on any atom is -0.494 e. The summed E-state index contributed by atoms with van der Waals surface area (Å²) in [6.45, 7) is 0.690. The minimum atomic E-state index is 0.690. The molecular formula is C24H23N3O. The second-order valence-electron chi connectivity index (χ2n) is 6.76. The maximum atomic E-state index is 5.95. The number of benzene rings is 3. The van der Waals surface area contributed by atoms with Crippen LogP contribution in [0, 0.1) is 0 Å². The van der Waals surface area contributed by atoms with E-state index in [0.717, 1.165) is 46.8 Å². The first kappa shape index (κ1) is 17.9. The zero-order chi connectivity index (χ0) is 19.2. The number of nitrogens with one attached hydrogen (secondary N) is 1. The molecule has 0 atom stereocenters. The molecule has 0 radical (unpaired) electrons. The van der Waals surface area contributed by atoms with Crippen molar-refractivity contribution in [2.45, 2.75) is 12.8 Å². The SMILES string of the molecule is Nc1cccc(-c2cc(-c3cccc(OCCCc4ccccc4)c3)[nH]n2)c1. The predicted octanol–water partition coefficient (Wildman–Crippen LogP) is 5.34. The first-order valence-corrected chi connectivity index (χ1v) is 9.46. The van der Waals surface area contributed by atoms with Crippen molar-refractivity contribution in [1.82, 2.24) is 10.2 Å². The van der Waals surface area contributed by atoms with Crippen molar-refractivity contribution in [2.75, 3.05) is 12.3 Å². The summed E-state index contributed by atoms with van der Waals surface area (Å²) in [5, 5.41) is 7.53. The summed E-state index contributed by atoms with van der Waals surface area (Å²) in [5.41, 5.74) is 11.8. The molecule has 1 aromatic heterocycles. The minimum absolute atomic E-state index is 0.690. The molecule has 3 aromatic carbocycles. The van der Waals surface area contributed by atoms with E-state index >= 15 is 0 Å². The van der Waals surface area contributed by atoms with Crippen LogP contribution in [0.3, 0.4) is 0 Å². The second kappa shape index (κ2) is 8.44. The van der Waals surface area contributed by atoms with Gasteiger partial charge in [0.2, 0.25) is 0 Å². The van der Waals surface area contributed by atoms with Crippen molar-refractivity contribution in [3.05, 3.63) is 90.5 Å². The predicted molar refractivity (Wildman–Crippen MR) is 114 cm³/mol. The third-order valence-electron chi connectivity index (χ3n) is 4.63. The summed E-state index contributed by atoms with van der Waals surface area (Å²) < 4.78 is 5.95. The summed E-state index contributed by atoms with van der Waals surface area (Å²) in [7, 11) is 0. The zero-order valence-corrected chi connectivity index (χ0v) is 15.6. The average molecular weight is 369 g/mol. The Kier molecular flexibility index (Phi) is 5.38. The van der Waals surface area contributed by atoms with Crippen LogP contribution in [0.4, 0.5) is 5.69 Å². The van der Waals surface area contributed by atoms with Crippen molar-refractivity contribution < 1.29 is 4.74 Å². The van der Waals surface area contributed by atoms with Gasteiger partial charge < -0.3 is 10.5 Å². The Labute approximate surface area is 165 Å². The van der Waals surface area contributed by atoms with Crippen molar-refractivity contribution in [3.63, 3.8) is 0 Å². The molecule has 140 valence electrons. The lowest BCUT2D eigenvalue weighted by Crippen LogP contribution is -1.99. The Morgan fingerprint density at radius 1 is 0.821 bits per heavy atom. The number of aromatic nitrogens is 2. The molecular weight excluding hydrogens is 346 g/mol. The maximum Gasteiger partial charge on any atom is 0.119 e. The number of nitrogens with zero attached hydrogens (tertiary/aromatic N) is 1. The largest absolute Gasteiger partial charge is 0.494 e. The number of H-pyrrole nitrogens is 1. The fourth-order valence-electron chi connectivity index (χ4n) is 3.18. The van der Waals surface area contributed by atoms with Gasteiger partial charge in [-0.3, -0.25) is 5.10 Å². The van der Waals surface area contributed by atoms with Crippen LogP contribution in [0.5, 0.6) is 5.75 Å². The van der Waals surface area contributed by atoms with Crippen LogP contribution in [0.15, 0.2) is 84.9 Å². The van der Waals surface area contributed by atoms with E-state index in [-0.39, 0.29) is 0 Å². The normalized spacial score (nSPS) is 10.7. The Morgan fingerprint density at radius 3 is 2.50 bits per heavy atom. The van der Waals surface area contributed by atoms with Crippen molar-refractivity contribution >= 4 is 5.69 Å². The van der Waals surface area contributed by atoms with Gasteiger partial charge in [-0.1, -0.05) is 54.6 Å². The summed E-state index contributed by atoms with van der Waals surface area (Å²) in [5.74, 6) is 0.866. The lowest BCUT2D eigenvalue weighted by molar-refractivity contribution is 0.311. The fraction of sp³-hybridized carbons (Fsp3) is 0.125. The van der Waals surface area contributed by atoms with E-state index < -0.39 is 0 Å². The van der Waals surface area contributed by atoms with Crippen LogP contribution < -0.4 is 10.5 Å². The number of ether oxygens (including phenoxy) is 1. The van der Waals surface area contributed by atoms with Crippen LogP contribution in [0.25, 0.3) is 22.5 Å². The van der Waals surface area contributed by atoms with Crippen molar-refractivity contribution in [3.8, 4) is 28.3 Å². The molecule has 0 aliphatic heterocycles. The quantitative estimate of drug-likeness (QED) is 0.341. The molecule has 4 heteroatoms. The molecule has 28 heavy (non-hydrogen) atoms. The van der Waals surface area contributed by atoms with Gasteiger partial charge in [0.15, 0.2) is 0 Å². The van der Waals surface area contributed by atoms with Crippen molar-refractivity contribution in [2.24, 2.45) is 0 Å². The van der Waals surface area contributed by atoms with E-state index in [0.29, 0.717) is 6.61 Å². The topological polar surface area (TPSA) is 63.9 Å². The fourth-order valence-corrected chi connectivity index (χ4v) is 3.18. The molecule has 0 bridgehead atoms. The highest BCUT2D eigenvalue weighted by Crippen LogP contribution is 2.27. The summed E-state index contributed by atoms with van der Waals surface area (Å²) in [6.07, 6.45) is 2.00. The number of nitrogens with two attached hydrogens (primary N) is 1. The van der Waals surface area contributed by atoms with E-state index in [2.05, 4.69) is 34.5 Å². The van der Waals surface area contributed by atoms with Crippen LogP contribution >= 0.6 is 0 Å². The molecule has 0 spiro atoms. The van der Waals surface area contributed by atoms with Gasteiger partial charge in [-0.05, 0) is 48.7 Å². The van der Waals surface area contributed by atoms with Crippen LogP contribution in [0.1, 0.15) is 12.0 Å². The number of nitrogen functional groups attached to an aromatic ring is 1.